The van der Waals surface area contributed by atoms with Crippen LogP contribution in [0.4, 0.5) is 4.39 Å². The van der Waals surface area contributed by atoms with Crippen molar-refractivity contribution in [2.24, 2.45) is 0 Å². The molecule has 168 valence electrons. The summed E-state index contributed by atoms with van der Waals surface area (Å²) in [4.78, 5) is 15.7. The third kappa shape index (κ3) is 5.60. The van der Waals surface area contributed by atoms with E-state index >= 15 is 0 Å². The number of hydrogen-bond donors (Lipinski definition) is 1. The van der Waals surface area contributed by atoms with E-state index in [0.717, 1.165) is 36.8 Å². The highest BCUT2D eigenvalue weighted by Gasteiger charge is 2.24. The van der Waals surface area contributed by atoms with Gasteiger partial charge < -0.3 is 19.0 Å². The molecule has 1 saturated carbocycles. The van der Waals surface area contributed by atoms with Gasteiger partial charge in [-0.2, -0.15) is 0 Å². The Balaban J connectivity index is 1.27. The summed E-state index contributed by atoms with van der Waals surface area (Å²) in [5, 5.41) is 9.29. The van der Waals surface area contributed by atoms with Gasteiger partial charge in [0.25, 0.3) is 0 Å². The second-order valence-corrected chi connectivity index (χ2v) is 8.14. The van der Waals surface area contributed by atoms with Crippen LogP contribution in [0.1, 0.15) is 52.9 Å². The molecule has 32 heavy (non-hydrogen) atoms. The first kappa shape index (κ1) is 22.2. The third-order valence-electron chi connectivity index (χ3n) is 5.71. The Bertz CT molecular complexity index is 1060. The number of aromatic carboxylic acids is 1. The van der Waals surface area contributed by atoms with Crippen LogP contribution in [0.5, 0.6) is 0 Å². The molecule has 1 aromatic heterocycles. The SMILES string of the molecule is Cc1ccc(CO[C@H]2CCC[C@@H](OCc3coc(-c4ccc(F)cc4)n3)C2)cc1C(=O)O. The Morgan fingerprint density at radius 2 is 1.84 bits per heavy atom. The van der Waals surface area contributed by atoms with Gasteiger partial charge in [-0.1, -0.05) is 12.1 Å². The fourth-order valence-electron chi connectivity index (χ4n) is 3.91. The molecule has 0 amide bonds. The van der Waals surface area contributed by atoms with Gasteiger partial charge in [-0.05, 0) is 74.1 Å². The number of aryl methyl sites for hydroxylation is 1. The fraction of sp³-hybridized carbons (Fsp3) is 0.360. The van der Waals surface area contributed by atoms with Gasteiger partial charge in [0.1, 0.15) is 17.8 Å². The summed E-state index contributed by atoms with van der Waals surface area (Å²) in [7, 11) is 0. The van der Waals surface area contributed by atoms with Crippen LogP contribution in [0.25, 0.3) is 11.5 Å². The molecule has 0 spiro atoms. The summed E-state index contributed by atoms with van der Waals surface area (Å²) in [6.45, 7) is 2.50. The Morgan fingerprint density at radius 3 is 2.56 bits per heavy atom. The molecule has 1 N–H and O–H groups in total. The van der Waals surface area contributed by atoms with Crippen molar-refractivity contribution in [2.45, 2.75) is 58.0 Å². The number of hydrogen-bond acceptors (Lipinski definition) is 5. The van der Waals surface area contributed by atoms with E-state index in [4.69, 9.17) is 13.9 Å². The van der Waals surface area contributed by atoms with Gasteiger partial charge in [0.15, 0.2) is 0 Å². The van der Waals surface area contributed by atoms with E-state index in [-0.39, 0.29) is 18.0 Å². The van der Waals surface area contributed by atoms with Crippen molar-refractivity contribution in [2.75, 3.05) is 0 Å². The Morgan fingerprint density at radius 1 is 1.12 bits per heavy atom. The van der Waals surface area contributed by atoms with Crippen LogP contribution in [-0.4, -0.2) is 28.3 Å². The van der Waals surface area contributed by atoms with Crippen molar-refractivity contribution in [3.05, 3.63) is 76.9 Å². The van der Waals surface area contributed by atoms with Crippen molar-refractivity contribution >= 4 is 5.97 Å². The number of rotatable bonds is 8. The summed E-state index contributed by atoms with van der Waals surface area (Å²) in [6, 6.07) is 11.4. The molecule has 2 aromatic carbocycles. The number of oxazole rings is 1. The van der Waals surface area contributed by atoms with Crippen LogP contribution in [0, 0.1) is 12.7 Å². The average molecular weight is 439 g/mol. The van der Waals surface area contributed by atoms with E-state index in [1.54, 1.807) is 31.4 Å². The zero-order valence-electron chi connectivity index (χ0n) is 17.9. The number of carbonyl (C=O) groups is 1. The number of aromatic nitrogens is 1. The molecule has 0 radical (unpaired) electrons. The lowest BCUT2D eigenvalue weighted by Crippen LogP contribution is -2.28. The second-order valence-electron chi connectivity index (χ2n) is 8.14. The molecule has 1 heterocycles. The van der Waals surface area contributed by atoms with E-state index in [9.17, 15) is 14.3 Å². The van der Waals surface area contributed by atoms with Gasteiger partial charge in [-0.15, -0.1) is 0 Å². The fourth-order valence-corrected chi connectivity index (χ4v) is 3.91. The lowest BCUT2D eigenvalue weighted by molar-refractivity contribution is -0.0561. The topological polar surface area (TPSA) is 81.8 Å². The standard InChI is InChI=1S/C25H26FNO5/c1-16-5-6-17(11-23(16)25(28)29)13-30-21-3-2-4-22(12-21)31-14-20-15-32-24(27-20)18-7-9-19(26)10-8-18/h5-11,15,21-22H,2-4,12-14H2,1H3,(H,28,29)/t21-,22+/m0/s1. The highest BCUT2D eigenvalue weighted by atomic mass is 19.1. The van der Waals surface area contributed by atoms with Crippen LogP contribution >= 0.6 is 0 Å². The Labute approximate surface area is 186 Å². The molecule has 1 aliphatic carbocycles. The minimum atomic E-state index is -0.925. The molecule has 7 heteroatoms. The van der Waals surface area contributed by atoms with Gasteiger partial charge in [0.2, 0.25) is 5.89 Å². The number of ether oxygens (including phenoxy) is 2. The van der Waals surface area contributed by atoms with Crippen LogP contribution in [0.3, 0.4) is 0 Å². The molecule has 3 aromatic rings. The summed E-state index contributed by atoms with van der Waals surface area (Å²) >= 11 is 0. The van der Waals surface area contributed by atoms with Gasteiger partial charge in [-0.25, -0.2) is 14.2 Å². The normalized spacial score (nSPS) is 18.6. The van der Waals surface area contributed by atoms with E-state index in [0.29, 0.717) is 35.9 Å². The third-order valence-corrected chi connectivity index (χ3v) is 5.71. The number of nitrogens with zero attached hydrogens (tertiary/aromatic N) is 1. The minimum absolute atomic E-state index is 0.0623. The van der Waals surface area contributed by atoms with Crippen molar-refractivity contribution in [1.29, 1.82) is 0 Å². The first-order valence-corrected chi connectivity index (χ1v) is 10.7. The quantitative estimate of drug-likeness (QED) is 0.497. The summed E-state index contributed by atoms with van der Waals surface area (Å²) < 4.78 is 30.7. The second kappa shape index (κ2) is 10.1. The Hall–Kier alpha value is -3.03. The molecule has 0 unspecified atom stereocenters. The van der Waals surface area contributed by atoms with E-state index < -0.39 is 5.97 Å². The van der Waals surface area contributed by atoms with Crippen molar-refractivity contribution in [3.8, 4) is 11.5 Å². The highest BCUT2D eigenvalue weighted by molar-refractivity contribution is 5.89. The average Bonchev–Trinajstić information content (AvgIpc) is 3.27. The summed E-state index contributed by atoms with van der Waals surface area (Å²) in [5.41, 5.74) is 3.30. The number of benzene rings is 2. The minimum Gasteiger partial charge on any atom is -0.478 e. The van der Waals surface area contributed by atoms with E-state index in [1.165, 1.54) is 12.1 Å². The first-order valence-electron chi connectivity index (χ1n) is 10.7. The molecule has 4 rings (SSSR count). The molecule has 0 bridgehead atoms. The van der Waals surface area contributed by atoms with Gasteiger partial charge in [0, 0.05) is 5.56 Å². The first-order chi connectivity index (χ1) is 15.5. The van der Waals surface area contributed by atoms with Crippen molar-refractivity contribution in [1.82, 2.24) is 4.98 Å². The van der Waals surface area contributed by atoms with Crippen LogP contribution in [-0.2, 0) is 22.7 Å². The van der Waals surface area contributed by atoms with Crippen LogP contribution < -0.4 is 0 Å². The number of carboxylic acid groups (broad SMARTS) is 1. The number of carboxylic acids is 1. The van der Waals surface area contributed by atoms with Crippen molar-refractivity contribution in [3.63, 3.8) is 0 Å². The zero-order valence-corrected chi connectivity index (χ0v) is 17.9. The lowest BCUT2D eigenvalue weighted by atomic mass is 9.94. The molecule has 2 atom stereocenters. The maximum atomic E-state index is 13.1. The summed E-state index contributed by atoms with van der Waals surface area (Å²) in [6.07, 6.45) is 5.38. The van der Waals surface area contributed by atoms with Crippen molar-refractivity contribution < 1.29 is 28.2 Å². The maximum Gasteiger partial charge on any atom is 0.335 e. The Kier molecular flexibility index (Phi) is 6.97. The predicted molar refractivity (Wildman–Crippen MR) is 116 cm³/mol. The van der Waals surface area contributed by atoms with Gasteiger partial charge in [0.05, 0.1) is 31.0 Å². The van der Waals surface area contributed by atoms with Gasteiger partial charge in [-0.3, -0.25) is 0 Å². The molecule has 1 fully saturated rings. The van der Waals surface area contributed by atoms with Crippen LogP contribution in [0.15, 0.2) is 53.1 Å². The summed E-state index contributed by atoms with van der Waals surface area (Å²) in [5.74, 6) is -0.791. The largest absolute Gasteiger partial charge is 0.478 e. The lowest BCUT2D eigenvalue weighted by Gasteiger charge is -2.29. The van der Waals surface area contributed by atoms with E-state index in [2.05, 4.69) is 4.98 Å². The molecule has 1 aliphatic rings. The maximum absolute atomic E-state index is 13.1. The van der Waals surface area contributed by atoms with Gasteiger partial charge >= 0.3 is 5.97 Å². The molecule has 0 aliphatic heterocycles. The molecular weight excluding hydrogens is 413 g/mol. The van der Waals surface area contributed by atoms with E-state index in [1.807, 2.05) is 12.1 Å². The highest BCUT2D eigenvalue weighted by Crippen LogP contribution is 2.26. The molecular formula is C25H26FNO5. The molecule has 0 saturated heterocycles. The smallest absolute Gasteiger partial charge is 0.335 e. The van der Waals surface area contributed by atoms with Crippen LogP contribution in [0.2, 0.25) is 0 Å². The predicted octanol–water partition coefficient (Wildman–Crippen LogP) is 5.53. The zero-order chi connectivity index (χ0) is 22.5. The number of halogens is 1. The molecule has 6 nitrogen and oxygen atoms in total. The monoisotopic (exact) mass is 439 g/mol.